The highest BCUT2D eigenvalue weighted by atomic mass is 19.4. The molecule has 0 radical (unpaired) electrons. The van der Waals surface area contributed by atoms with E-state index in [0.717, 1.165) is 17.8 Å². The van der Waals surface area contributed by atoms with Gasteiger partial charge >= 0.3 is 6.18 Å². The van der Waals surface area contributed by atoms with Crippen LogP contribution in [0.15, 0.2) is 66.9 Å². The number of rotatable bonds is 7. The maximum Gasteiger partial charge on any atom is 0.416 e. The Kier molecular flexibility index (Phi) is 5.81. The number of aromatic amines is 1. The summed E-state index contributed by atoms with van der Waals surface area (Å²) in [5.41, 5.74) is 1.24. The lowest BCUT2D eigenvalue weighted by atomic mass is 10.1. The van der Waals surface area contributed by atoms with E-state index in [1.165, 1.54) is 25.0 Å². The number of alkyl halides is 3. The zero-order valence-electron chi connectivity index (χ0n) is 18.2. The topological polar surface area (TPSA) is 108 Å². The van der Waals surface area contributed by atoms with E-state index in [4.69, 9.17) is 0 Å². The molecule has 178 valence electrons. The van der Waals surface area contributed by atoms with Crippen molar-refractivity contribution >= 4 is 34.9 Å². The molecular weight excluding hydrogens is 459 g/mol. The van der Waals surface area contributed by atoms with Gasteiger partial charge in [0, 0.05) is 40.8 Å². The highest BCUT2D eigenvalue weighted by Gasteiger charge is 2.31. The van der Waals surface area contributed by atoms with Gasteiger partial charge in [0.2, 0.25) is 5.95 Å². The van der Waals surface area contributed by atoms with Crippen LogP contribution in [0.5, 0.6) is 0 Å². The van der Waals surface area contributed by atoms with Crippen molar-refractivity contribution in [3.05, 3.63) is 83.7 Å². The van der Waals surface area contributed by atoms with Crippen molar-refractivity contribution < 1.29 is 18.0 Å². The number of hydrogen-bond acceptors (Lipinski definition) is 6. The molecule has 1 aliphatic rings. The van der Waals surface area contributed by atoms with Crippen LogP contribution in [0, 0.1) is 0 Å². The van der Waals surface area contributed by atoms with E-state index in [1.54, 1.807) is 36.5 Å². The van der Waals surface area contributed by atoms with Gasteiger partial charge in [-0.05, 0) is 61.4 Å². The number of nitrogens with zero attached hydrogens (tertiary/aromatic N) is 3. The Hall–Kier alpha value is -4.41. The van der Waals surface area contributed by atoms with Crippen LogP contribution in [0.25, 0.3) is 0 Å². The number of aromatic nitrogens is 4. The molecule has 2 aromatic heterocycles. The number of hydrogen-bond donors (Lipinski definition) is 4. The number of carbonyl (C=O) groups is 1. The highest BCUT2D eigenvalue weighted by Crippen LogP contribution is 2.39. The van der Waals surface area contributed by atoms with Crippen LogP contribution in [-0.2, 0) is 6.18 Å². The normalized spacial score (nSPS) is 13.3. The maximum atomic E-state index is 12.9. The van der Waals surface area contributed by atoms with Gasteiger partial charge in [-0.25, -0.2) is 4.98 Å². The fourth-order valence-corrected chi connectivity index (χ4v) is 3.43. The summed E-state index contributed by atoms with van der Waals surface area (Å²) in [6, 6.07) is 14.6. The monoisotopic (exact) mass is 479 g/mol. The SMILES string of the molecule is O=C(Nc1ccc(Nc2nccc(Nc3cc(C4CC4)[nH]n3)n2)cc1)c1cccc(C(F)(F)F)c1. The molecule has 4 N–H and O–H groups in total. The summed E-state index contributed by atoms with van der Waals surface area (Å²) in [6.45, 7) is 0. The summed E-state index contributed by atoms with van der Waals surface area (Å²) in [7, 11) is 0. The molecule has 4 aromatic rings. The fraction of sp³-hybridized carbons (Fsp3) is 0.167. The lowest BCUT2D eigenvalue weighted by molar-refractivity contribution is -0.137. The molecule has 1 saturated carbocycles. The van der Waals surface area contributed by atoms with Gasteiger partial charge in [-0.2, -0.15) is 23.3 Å². The molecule has 0 saturated heterocycles. The number of carbonyl (C=O) groups excluding carboxylic acids is 1. The third kappa shape index (κ3) is 5.57. The minimum absolute atomic E-state index is 0.0825. The lowest BCUT2D eigenvalue weighted by Crippen LogP contribution is -2.13. The minimum Gasteiger partial charge on any atom is -0.324 e. The summed E-state index contributed by atoms with van der Waals surface area (Å²) in [5, 5.41) is 16.1. The molecule has 1 fully saturated rings. The van der Waals surface area contributed by atoms with Crippen LogP contribution in [0.4, 0.5) is 42.1 Å². The Morgan fingerprint density at radius 1 is 0.943 bits per heavy atom. The van der Waals surface area contributed by atoms with Crippen LogP contribution < -0.4 is 16.0 Å². The fourth-order valence-electron chi connectivity index (χ4n) is 3.43. The molecule has 2 heterocycles. The zero-order chi connectivity index (χ0) is 24.4. The van der Waals surface area contributed by atoms with Gasteiger partial charge < -0.3 is 16.0 Å². The molecule has 2 aromatic carbocycles. The maximum absolute atomic E-state index is 12.9. The second-order valence-electron chi connectivity index (χ2n) is 8.11. The highest BCUT2D eigenvalue weighted by molar-refractivity contribution is 6.04. The first-order valence-electron chi connectivity index (χ1n) is 10.8. The van der Waals surface area contributed by atoms with Gasteiger partial charge in [-0.1, -0.05) is 6.07 Å². The summed E-state index contributed by atoms with van der Waals surface area (Å²) in [6.07, 6.45) is -0.556. The molecule has 5 rings (SSSR count). The number of anilines is 5. The number of benzene rings is 2. The van der Waals surface area contributed by atoms with Crippen molar-refractivity contribution in [2.45, 2.75) is 24.9 Å². The summed E-state index contributed by atoms with van der Waals surface area (Å²) >= 11 is 0. The van der Waals surface area contributed by atoms with E-state index in [9.17, 15) is 18.0 Å². The smallest absolute Gasteiger partial charge is 0.324 e. The summed E-state index contributed by atoms with van der Waals surface area (Å²) in [5.74, 6) is 1.54. The van der Waals surface area contributed by atoms with Crippen molar-refractivity contribution in [1.29, 1.82) is 0 Å². The lowest BCUT2D eigenvalue weighted by Gasteiger charge is -2.10. The van der Waals surface area contributed by atoms with Crippen LogP contribution in [0.1, 0.15) is 40.4 Å². The van der Waals surface area contributed by atoms with Crippen LogP contribution in [-0.4, -0.2) is 26.1 Å². The average Bonchev–Trinajstić information content (AvgIpc) is 3.59. The number of amides is 1. The standard InChI is InChI=1S/C24H20F3N7O/c25-24(26,27)16-3-1-2-15(12-16)22(35)29-17-6-8-18(9-7-17)30-23-28-11-10-20(32-23)31-21-13-19(33-34-21)14-4-5-14/h1-3,6-14H,4-5H2,(H,29,35)(H3,28,30,31,32,33,34). The third-order valence-corrected chi connectivity index (χ3v) is 5.38. The molecule has 1 amide bonds. The average molecular weight is 479 g/mol. The van der Waals surface area contributed by atoms with E-state index in [1.807, 2.05) is 6.07 Å². The van der Waals surface area contributed by atoms with Gasteiger partial charge in [0.1, 0.15) is 5.82 Å². The minimum atomic E-state index is -4.52. The molecule has 35 heavy (non-hydrogen) atoms. The van der Waals surface area contributed by atoms with E-state index in [0.29, 0.717) is 34.9 Å². The molecule has 0 atom stereocenters. The van der Waals surface area contributed by atoms with Gasteiger partial charge in [-0.3, -0.25) is 9.89 Å². The molecule has 1 aliphatic carbocycles. The van der Waals surface area contributed by atoms with Crippen molar-refractivity contribution in [3.63, 3.8) is 0 Å². The summed E-state index contributed by atoms with van der Waals surface area (Å²) in [4.78, 5) is 21.0. The largest absolute Gasteiger partial charge is 0.416 e. The molecule has 0 spiro atoms. The zero-order valence-corrected chi connectivity index (χ0v) is 18.2. The van der Waals surface area contributed by atoms with Gasteiger partial charge in [-0.15, -0.1) is 0 Å². The Morgan fingerprint density at radius 2 is 1.71 bits per heavy atom. The van der Waals surface area contributed by atoms with Crippen molar-refractivity contribution in [3.8, 4) is 0 Å². The van der Waals surface area contributed by atoms with Crippen LogP contribution >= 0.6 is 0 Å². The first-order chi connectivity index (χ1) is 16.8. The van der Waals surface area contributed by atoms with Crippen LogP contribution in [0.3, 0.4) is 0 Å². The summed E-state index contributed by atoms with van der Waals surface area (Å²) < 4.78 is 38.7. The van der Waals surface area contributed by atoms with Crippen molar-refractivity contribution in [1.82, 2.24) is 20.2 Å². The van der Waals surface area contributed by atoms with E-state index >= 15 is 0 Å². The number of halogens is 3. The first-order valence-corrected chi connectivity index (χ1v) is 10.8. The molecule has 0 bridgehead atoms. The van der Waals surface area contributed by atoms with Gasteiger partial charge in [0.15, 0.2) is 5.82 Å². The second kappa shape index (κ2) is 9.09. The molecule has 0 unspecified atom stereocenters. The molecule has 0 aliphatic heterocycles. The van der Waals surface area contributed by atoms with Gasteiger partial charge in [0.25, 0.3) is 5.91 Å². The van der Waals surface area contributed by atoms with Gasteiger partial charge in [0.05, 0.1) is 5.56 Å². The Balaban J connectivity index is 1.21. The number of nitrogens with one attached hydrogen (secondary N) is 4. The predicted octanol–water partition coefficient (Wildman–Crippen LogP) is 5.84. The van der Waals surface area contributed by atoms with E-state index < -0.39 is 17.6 Å². The second-order valence-corrected chi connectivity index (χ2v) is 8.11. The Morgan fingerprint density at radius 3 is 2.46 bits per heavy atom. The van der Waals surface area contributed by atoms with Crippen LogP contribution in [0.2, 0.25) is 0 Å². The Labute approximate surface area is 198 Å². The molecular formula is C24H20F3N7O. The molecule has 11 heteroatoms. The first kappa shape index (κ1) is 22.4. The van der Waals surface area contributed by atoms with E-state index in [-0.39, 0.29) is 5.56 Å². The Bertz CT molecular complexity index is 1350. The number of H-pyrrole nitrogens is 1. The van der Waals surface area contributed by atoms with E-state index in [2.05, 4.69) is 36.1 Å². The molecule has 8 nitrogen and oxygen atoms in total. The van der Waals surface area contributed by atoms with Crippen molar-refractivity contribution in [2.24, 2.45) is 0 Å². The third-order valence-electron chi connectivity index (χ3n) is 5.38. The quantitative estimate of drug-likeness (QED) is 0.265. The predicted molar refractivity (Wildman–Crippen MR) is 125 cm³/mol. The van der Waals surface area contributed by atoms with Crippen molar-refractivity contribution in [2.75, 3.05) is 16.0 Å².